The molecule has 1 aromatic rings. The standard InChI is InChI=1S/C9H13N3OS/c1-12-8(10-11-9(12)14)6-2-4-7(13)5-3-6/h6H,2-5H2,1H3,(H,11,14). The van der Waals surface area contributed by atoms with Crippen molar-refractivity contribution in [3.63, 3.8) is 0 Å². The third-order valence-corrected chi connectivity index (χ3v) is 3.19. The molecule has 1 saturated carbocycles. The van der Waals surface area contributed by atoms with E-state index in [2.05, 4.69) is 10.2 Å². The Labute approximate surface area is 87.3 Å². The van der Waals surface area contributed by atoms with Gasteiger partial charge in [-0.1, -0.05) is 0 Å². The predicted octanol–water partition coefficient (Wildman–Crippen LogP) is 1.70. The quantitative estimate of drug-likeness (QED) is 0.719. The van der Waals surface area contributed by atoms with E-state index >= 15 is 0 Å². The Morgan fingerprint density at radius 3 is 2.64 bits per heavy atom. The number of Topliss-reactive ketones (excluding diaryl/α,β-unsaturated/α-hetero) is 1. The summed E-state index contributed by atoms with van der Waals surface area (Å²) in [7, 11) is 1.91. The second-order valence-corrected chi connectivity index (χ2v) is 4.15. The summed E-state index contributed by atoms with van der Waals surface area (Å²) in [6, 6.07) is 0. The molecule has 1 heterocycles. The number of hydrogen-bond acceptors (Lipinski definition) is 3. The lowest BCUT2D eigenvalue weighted by molar-refractivity contribution is -0.120. The average Bonchev–Trinajstić information content (AvgIpc) is 2.50. The minimum Gasteiger partial charge on any atom is -0.307 e. The summed E-state index contributed by atoms with van der Waals surface area (Å²) in [5.41, 5.74) is 0. The van der Waals surface area contributed by atoms with Crippen LogP contribution in [0.1, 0.15) is 37.4 Å². The Hall–Kier alpha value is -0.970. The monoisotopic (exact) mass is 211 g/mol. The number of nitrogens with zero attached hydrogens (tertiary/aromatic N) is 2. The summed E-state index contributed by atoms with van der Waals surface area (Å²) in [6.07, 6.45) is 3.19. The zero-order valence-corrected chi connectivity index (χ0v) is 8.93. The van der Waals surface area contributed by atoms with Gasteiger partial charge in [0.1, 0.15) is 11.6 Å². The van der Waals surface area contributed by atoms with Crippen LogP contribution in [0.3, 0.4) is 0 Å². The van der Waals surface area contributed by atoms with Gasteiger partial charge >= 0.3 is 0 Å². The van der Waals surface area contributed by atoms with Crippen molar-refractivity contribution < 1.29 is 4.79 Å². The minimum atomic E-state index is 0.373. The molecule has 5 heteroatoms. The number of carbonyl (C=O) groups excluding carboxylic acids is 1. The van der Waals surface area contributed by atoms with Crippen LogP contribution in [0.5, 0.6) is 0 Å². The van der Waals surface area contributed by atoms with Crippen molar-refractivity contribution in [3.8, 4) is 0 Å². The Bertz CT molecular complexity index is 396. The number of H-pyrrole nitrogens is 1. The van der Waals surface area contributed by atoms with E-state index in [1.165, 1.54) is 0 Å². The Balaban J connectivity index is 2.20. The van der Waals surface area contributed by atoms with Gasteiger partial charge in [0.2, 0.25) is 0 Å². The van der Waals surface area contributed by atoms with Crippen molar-refractivity contribution in [2.24, 2.45) is 7.05 Å². The lowest BCUT2D eigenvalue weighted by atomic mass is 9.88. The van der Waals surface area contributed by atoms with Crippen molar-refractivity contribution >= 4 is 18.0 Å². The van der Waals surface area contributed by atoms with Crippen LogP contribution in [-0.4, -0.2) is 20.5 Å². The van der Waals surface area contributed by atoms with Crippen molar-refractivity contribution in [2.45, 2.75) is 31.6 Å². The van der Waals surface area contributed by atoms with Gasteiger partial charge in [0.05, 0.1) is 0 Å². The molecule has 2 rings (SSSR count). The number of nitrogens with one attached hydrogen (secondary N) is 1. The second-order valence-electron chi connectivity index (χ2n) is 3.76. The van der Waals surface area contributed by atoms with Crippen LogP contribution in [0, 0.1) is 4.77 Å². The molecule has 0 spiro atoms. The van der Waals surface area contributed by atoms with E-state index in [0.717, 1.165) is 18.7 Å². The van der Waals surface area contributed by atoms with E-state index in [4.69, 9.17) is 12.2 Å². The van der Waals surface area contributed by atoms with Crippen LogP contribution in [-0.2, 0) is 11.8 Å². The first-order valence-electron chi connectivity index (χ1n) is 4.81. The molecule has 0 amide bonds. The Kier molecular flexibility index (Phi) is 2.50. The van der Waals surface area contributed by atoms with Crippen LogP contribution in [0.4, 0.5) is 0 Å². The normalized spacial score (nSPS) is 18.8. The highest BCUT2D eigenvalue weighted by molar-refractivity contribution is 7.71. The number of hydrogen-bond donors (Lipinski definition) is 1. The fraction of sp³-hybridized carbons (Fsp3) is 0.667. The predicted molar refractivity (Wildman–Crippen MR) is 54.6 cm³/mol. The fourth-order valence-corrected chi connectivity index (χ4v) is 2.06. The van der Waals surface area contributed by atoms with Crippen LogP contribution in [0.2, 0.25) is 0 Å². The fourth-order valence-electron chi connectivity index (χ4n) is 1.92. The first kappa shape index (κ1) is 9.58. The first-order valence-corrected chi connectivity index (χ1v) is 5.22. The summed E-state index contributed by atoms with van der Waals surface area (Å²) < 4.78 is 2.55. The maximum atomic E-state index is 11.1. The molecule has 14 heavy (non-hydrogen) atoms. The molecule has 76 valence electrons. The van der Waals surface area contributed by atoms with E-state index in [9.17, 15) is 4.79 Å². The number of carbonyl (C=O) groups is 1. The second kappa shape index (κ2) is 3.65. The van der Waals surface area contributed by atoms with Crippen LogP contribution >= 0.6 is 12.2 Å². The molecule has 0 aromatic carbocycles. The van der Waals surface area contributed by atoms with E-state index in [-0.39, 0.29) is 0 Å². The molecule has 0 atom stereocenters. The van der Waals surface area contributed by atoms with Gasteiger partial charge in [-0.15, -0.1) is 0 Å². The van der Waals surface area contributed by atoms with Gasteiger partial charge in [0, 0.05) is 25.8 Å². The number of rotatable bonds is 1. The van der Waals surface area contributed by atoms with Crippen molar-refractivity contribution in [1.29, 1.82) is 0 Å². The van der Waals surface area contributed by atoms with Crippen LogP contribution < -0.4 is 0 Å². The lowest BCUT2D eigenvalue weighted by Crippen LogP contribution is -2.15. The molecule has 1 N–H and O–H groups in total. The number of aromatic nitrogens is 3. The highest BCUT2D eigenvalue weighted by atomic mass is 32.1. The highest BCUT2D eigenvalue weighted by Gasteiger charge is 2.23. The number of aromatic amines is 1. The number of ketones is 1. The third-order valence-electron chi connectivity index (χ3n) is 2.82. The molecule has 0 unspecified atom stereocenters. The van der Waals surface area contributed by atoms with E-state index < -0.39 is 0 Å². The Morgan fingerprint density at radius 1 is 1.50 bits per heavy atom. The third kappa shape index (κ3) is 1.64. The Morgan fingerprint density at radius 2 is 2.14 bits per heavy atom. The first-order chi connectivity index (χ1) is 6.68. The maximum Gasteiger partial charge on any atom is 0.194 e. The molecule has 0 aliphatic heterocycles. The molecule has 4 nitrogen and oxygen atoms in total. The molecular formula is C9H13N3OS. The van der Waals surface area contributed by atoms with Crippen LogP contribution in [0.15, 0.2) is 0 Å². The largest absolute Gasteiger partial charge is 0.307 e. The van der Waals surface area contributed by atoms with Gasteiger partial charge < -0.3 is 4.57 Å². The van der Waals surface area contributed by atoms with E-state index in [1.807, 2.05) is 11.6 Å². The zero-order chi connectivity index (χ0) is 10.1. The van der Waals surface area contributed by atoms with Crippen molar-refractivity contribution in [3.05, 3.63) is 10.6 Å². The van der Waals surface area contributed by atoms with Crippen LogP contribution in [0.25, 0.3) is 0 Å². The molecular weight excluding hydrogens is 198 g/mol. The average molecular weight is 211 g/mol. The smallest absolute Gasteiger partial charge is 0.194 e. The van der Waals surface area contributed by atoms with Gasteiger partial charge in [0.25, 0.3) is 0 Å². The summed E-state index contributed by atoms with van der Waals surface area (Å²) >= 11 is 5.04. The molecule has 0 radical (unpaired) electrons. The zero-order valence-electron chi connectivity index (χ0n) is 8.12. The summed E-state index contributed by atoms with van der Waals surface area (Å²) in [5, 5.41) is 6.97. The molecule has 1 fully saturated rings. The van der Waals surface area contributed by atoms with E-state index in [1.54, 1.807) is 0 Å². The lowest BCUT2D eigenvalue weighted by Gasteiger charge is -2.19. The van der Waals surface area contributed by atoms with Crippen molar-refractivity contribution in [2.75, 3.05) is 0 Å². The topological polar surface area (TPSA) is 50.7 Å². The SMILES string of the molecule is Cn1c(C2CCC(=O)CC2)n[nH]c1=S. The highest BCUT2D eigenvalue weighted by Crippen LogP contribution is 2.29. The summed E-state index contributed by atoms with van der Waals surface area (Å²) in [5.74, 6) is 1.76. The molecule has 0 saturated heterocycles. The maximum absolute atomic E-state index is 11.1. The van der Waals surface area contributed by atoms with E-state index in [0.29, 0.717) is 29.3 Å². The molecule has 0 bridgehead atoms. The van der Waals surface area contributed by atoms with Gasteiger partial charge in [-0.2, -0.15) is 5.10 Å². The summed E-state index contributed by atoms with van der Waals surface area (Å²) in [4.78, 5) is 11.1. The molecule has 1 aliphatic rings. The minimum absolute atomic E-state index is 0.373. The summed E-state index contributed by atoms with van der Waals surface area (Å²) in [6.45, 7) is 0. The van der Waals surface area contributed by atoms with Gasteiger partial charge in [-0.05, 0) is 25.1 Å². The van der Waals surface area contributed by atoms with Gasteiger partial charge in [0.15, 0.2) is 4.77 Å². The van der Waals surface area contributed by atoms with Crippen molar-refractivity contribution in [1.82, 2.24) is 14.8 Å². The van der Waals surface area contributed by atoms with Gasteiger partial charge in [-0.25, -0.2) is 0 Å². The molecule has 1 aromatic heterocycles. The van der Waals surface area contributed by atoms with Gasteiger partial charge in [-0.3, -0.25) is 9.89 Å². The molecule has 1 aliphatic carbocycles.